The predicted molar refractivity (Wildman–Crippen MR) is 142 cm³/mol. The molecule has 36 heavy (non-hydrogen) atoms. The lowest BCUT2D eigenvalue weighted by molar-refractivity contribution is 0.105. The van der Waals surface area contributed by atoms with Crippen molar-refractivity contribution in [1.29, 1.82) is 0 Å². The van der Waals surface area contributed by atoms with Crippen LogP contribution >= 0.6 is 0 Å². The lowest BCUT2D eigenvalue weighted by Crippen LogP contribution is -2.53. The van der Waals surface area contributed by atoms with Crippen molar-refractivity contribution in [2.45, 2.75) is 50.7 Å². The number of nitrogens with two attached hydrogens (primary N) is 1. The standard InChI is InChI=1S/C28H33N7O/c1-19-17-34(16-15-30-19)21-9-11-22(12-10-21)35-28-25(27(29)31-18-32-28)26(33-35)20-7-13-24(14-8-20)36-23-5-3-2-4-6-23/h2-8,13-14,18-19,21-22,30H,9-12,15-17H2,1H3,(H2,29,31,32)/t19-,21?,22?/m0/s1. The third-order valence-corrected chi connectivity index (χ3v) is 7.55. The first-order chi connectivity index (χ1) is 17.7. The van der Waals surface area contributed by atoms with Crippen LogP contribution in [0.15, 0.2) is 60.9 Å². The van der Waals surface area contributed by atoms with E-state index in [4.69, 9.17) is 15.6 Å². The smallest absolute Gasteiger partial charge is 0.164 e. The van der Waals surface area contributed by atoms with E-state index in [1.54, 1.807) is 6.33 Å². The zero-order valence-corrected chi connectivity index (χ0v) is 20.7. The van der Waals surface area contributed by atoms with Crippen LogP contribution in [-0.4, -0.2) is 56.4 Å². The summed E-state index contributed by atoms with van der Waals surface area (Å²) in [5.41, 5.74) is 8.98. The zero-order valence-electron chi connectivity index (χ0n) is 20.7. The molecule has 1 aliphatic heterocycles. The number of fused-ring (bicyclic) bond motifs is 1. The number of rotatable bonds is 5. The summed E-state index contributed by atoms with van der Waals surface area (Å²) in [6, 6.07) is 19.3. The number of hydrogen-bond donors (Lipinski definition) is 2. The Labute approximate surface area is 211 Å². The molecular weight excluding hydrogens is 450 g/mol. The van der Waals surface area contributed by atoms with Crippen molar-refractivity contribution in [2.24, 2.45) is 0 Å². The molecule has 0 amide bonds. The maximum absolute atomic E-state index is 6.36. The molecule has 1 atom stereocenters. The fraction of sp³-hybridized carbons (Fsp3) is 0.393. The Morgan fingerprint density at radius 3 is 2.39 bits per heavy atom. The molecule has 2 aliphatic rings. The van der Waals surface area contributed by atoms with Crippen LogP contribution in [0.25, 0.3) is 22.3 Å². The van der Waals surface area contributed by atoms with E-state index in [0.717, 1.165) is 66.3 Å². The van der Waals surface area contributed by atoms with Crippen molar-refractivity contribution in [3.8, 4) is 22.8 Å². The van der Waals surface area contributed by atoms with Crippen LogP contribution in [0.5, 0.6) is 11.5 Å². The molecule has 0 spiro atoms. The second-order valence-electron chi connectivity index (χ2n) is 10.0. The number of nitrogens with zero attached hydrogens (tertiary/aromatic N) is 5. The van der Waals surface area contributed by atoms with Gasteiger partial charge in [-0.3, -0.25) is 4.90 Å². The number of para-hydroxylation sites is 1. The minimum atomic E-state index is 0.313. The van der Waals surface area contributed by atoms with Crippen molar-refractivity contribution in [2.75, 3.05) is 25.4 Å². The highest BCUT2D eigenvalue weighted by Crippen LogP contribution is 2.37. The first-order valence-corrected chi connectivity index (χ1v) is 12.9. The van der Waals surface area contributed by atoms with Crippen LogP contribution in [0.2, 0.25) is 0 Å². The van der Waals surface area contributed by atoms with Gasteiger partial charge in [0.1, 0.15) is 29.3 Å². The summed E-state index contributed by atoms with van der Waals surface area (Å²) in [5.74, 6) is 2.05. The van der Waals surface area contributed by atoms with Gasteiger partial charge >= 0.3 is 0 Å². The highest BCUT2D eigenvalue weighted by atomic mass is 16.5. The van der Waals surface area contributed by atoms with E-state index < -0.39 is 0 Å². The van der Waals surface area contributed by atoms with Gasteiger partial charge in [0.05, 0.1) is 11.4 Å². The Bertz CT molecular complexity index is 1310. The second-order valence-corrected chi connectivity index (χ2v) is 10.0. The second kappa shape index (κ2) is 9.87. The van der Waals surface area contributed by atoms with Crippen LogP contribution in [0.1, 0.15) is 38.6 Å². The Balaban J connectivity index is 1.25. The fourth-order valence-corrected chi connectivity index (χ4v) is 5.72. The van der Waals surface area contributed by atoms with Gasteiger partial charge in [-0.15, -0.1) is 0 Å². The summed E-state index contributed by atoms with van der Waals surface area (Å²) in [4.78, 5) is 11.6. The Kier molecular flexibility index (Phi) is 6.29. The summed E-state index contributed by atoms with van der Waals surface area (Å²) in [6.45, 7) is 5.64. The maximum Gasteiger partial charge on any atom is 0.164 e. The van der Waals surface area contributed by atoms with Crippen LogP contribution in [-0.2, 0) is 0 Å². The molecule has 8 heteroatoms. The number of piperazine rings is 1. The molecule has 1 saturated carbocycles. The molecule has 8 nitrogen and oxygen atoms in total. The summed E-state index contributed by atoms with van der Waals surface area (Å²) in [5, 5.41) is 9.46. The number of ether oxygens (including phenoxy) is 1. The van der Waals surface area contributed by atoms with Gasteiger partial charge in [0.15, 0.2) is 5.65 Å². The fourth-order valence-electron chi connectivity index (χ4n) is 5.72. The largest absolute Gasteiger partial charge is 0.457 e. The minimum Gasteiger partial charge on any atom is -0.457 e. The summed E-state index contributed by atoms with van der Waals surface area (Å²) in [6.07, 6.45) is 6.09. The average Bonchev–Trinajstić information content (AvgIpc) is 3.31. The number of benzene rings is 2. The molecule has 3 N–H and O–H groups in total. The molecule has 2 aromatic carbocycles. The van der Waals surface area contributed by atoms with Crippen LogP contribution in [0.3, 0.4) is 0 Å². The topological polar surface area (TPSA) is 94.1 Å². The Morgan fingerprint density at radius 2 is 1.64 bits per heavy atom. The van der Waals surface area contributed by atoms with Gasteiger partial charge in [-0.05, 0) is 69.0 Å². The average molecular weight is 484 g/mol. The molecule has 2 fully saturated rings. The lowest BCUT2D eigenvalue weighted by atomic mass is 9.89. The van der Waals surface area contributed by atoms with E-state index in [9.17, 15) is 0 Å². The van der Waals surface area contributed by atoms with E-state index in [2.05, 4.69) is 31.8 Å². The van der Waals surface area contributed by atoms with Gasteiger partial charge in [0.2, 0.25) is 0 Å². The van der Waals surface area contributed by atoms with Crippen molar-refractivity contribution < 1.29 is 4.74 Å². The molecule has 186 valence electrons. The molecule has 1 aliphatic carbocycles. The molecule has 1 saturated heterocycles. The van der Waals surface area contributed by atoms with E-state index in [-0.39, 0.29) is 0 Å². The molecule has 4 aromatic rings. The molecule has 2 aromatic heterocycles. The number of anilines is 1. The Hall–Kier alpha value is -3.49. The quantitative estimate of drug-likeness (QED) is 0.427. The number of nitrogens with one attached hydrogen (secondary N) is 1. The highest BCUT2D eigenvalue weighted by molar-refractivity contribution is 5.98. The Morgan fingerprint density at radius 1 is 0.917 bits per heavy atom. The van der Waals surface area contributed by atoms with E-state index >= 15 is 0 Å². The SMILES string of the molecule is C[C@H]1CN(C2CCC(n3nc(-c4ccc(Oc5ccccc5)cc4)c4c(N)ncnc43)CC2)CCN1. The molecule has 0 unspecified atom stereocenters. The number of nitrogen functional groups attached to an aromatic ring is 1. The highest BCUT2D eigenvalue weighted by Gasteiger charge is 2.31. The van der Waals surface area contributed by atoms with Crippen LogP contribution in [0, 0.1) is 0 Å². The summed E-state index contributed by atoms with van der Waals surface area (Å²) < 4.78 is 8.07. The van der Waals surface area contributed by atoms with Gasteiger partial charge in [-0.2, -0.15) is 5.10 Å². The normalized spacial score (nSPS) is 23.1. The summed E-state index contributed by atoms with van der Waals surface area (Å²) in [7, 11) is 0. The maximum atomic E-state index is 6.36. The molecule has 0 radical (unpaired) electrons. The predicted octanol–water partition coefficient (Wildman–Crippen LogP) is 4.65. The van der Waals surface area contributed by atoms with Gasteiger partial charge in [-0.1, -0.05) is 18.2 Å². The van der Waals surface area contributed by atoms with Crippen molar-refractivity contribution in [3.63, 3.8) is 0 Å². The molecule has 6 rings (SSSR count). The van der Waals surface area contributed by atoms with E-state index in [1.165, 1.54) is 12.8 Å². The van der Waals surface area contributed by atoms with Crippen LogP contribution in [0.4, 0.5) is 5.82 Å². The third-order valence-electron chi connectivity index (χ3n) is 7.55. The zero-order chi connectivity index (χ0) is 24.5. The van der Waals surface area contributed by atoms with Gasteiger partial charge in [0.25, 0.3) is 0 Å². The monoisotopic (exact) mass is 483 g/mol. The minimum absolute atomic E-state index is 0.313. The van der Waals surface area contributed by atoms with Gasteiger partial charge < -0.3 is 15.8 Å². The van der Waals surface area contributed by atoms with Gasteiger partial charge in [0, 0.05) is 37.3 Å². The molecule has 0 bridgehead atoms. The van der Waals surface area contributed by atoms with Crippen molar-refractivity contribution in [1.82, 2.24) is 30.0 Å². The van der Waals surface area contributed by atoms with Gasteiger partial charge in [-0.25, -0.2) is 14.6 Å². The van der Waals surface area contributed by atoms with Crippen molar-refractivity contribution in [3.05, 3.63) is 60.9 Å². The first-order valence-electron chi connectivity index (χ1n) is 12.9. The number of aromatic nitrogens is 4. The number of hydrogen-bond acceptors (Lipinski definition) is 7. The van der Waals surface area contributed by atoms with Crippen LogP contribution < -0.4 is 15.8 Å². The van der Waals surface area contributed by atoms with E-state index in [1.807, 2.05) is 54.6 Å². The lowest BCUT2D eigenvalue weighted by Gasteiger charge is -2.41. The first kappa shape index (κ1) is 22.9. The van der Waals surface area contributed by atoms with E-state index in [0.29, 0.717) is 23.9 Å². The third kappa shape index (κ3) is 4.54. The summed E-state index contributed by atoms with van der Waals surface area (Å²) >= 11 is 0. The van der Waals surface area contributed by atoms with Crippen molar-refractivity contribution >= 4 is 16.9 Å². The molecule has 3 heterocycles. The molecular formula is C28H33N7O.